The van der Waals surface area contributed by atoms with Crippen LogP contribution in [0.15, 0.2) is 41.5 Å². The quantitative estimate of drug-likeness (QED) is 0.588. The van der Waals surface area contributed by atoms with Gasteiger partial charge in [-0.15, -0.1) is 0 Å². The summed E-state index contributed by atoms with van der Waals surface area (Å²) in [5.74, 6) is 1.40. The lowest BCUT2D eigenvalue weighted by Gasteiger charge is -2.08. The predicted octanol–water partition coefficient (Wildman–Crippen LogP) is 1.96. The molecule has 0 unspecified atom stereocenters. The summed E-state index contributed by atoms with van der Waals surface area (Å²) < 4.78 is 12.1. The molecule has 2 N–H and O–H groups in total. The summed E-state index contributed by atoms with van der Waals surface area (Å²) in [6.45, 7) is 0.632. The summed E-state index contributed by atoms with van der Waals surface area (Å²) in [6, 6.07) is 8.59. The van der Waals surface area contributed by atoms with Gasteiger partial charge in [0.15, 0.2) is 0 Å². The molecule has 1 amide bonds. The average molecular weight is 409 g/mol. The molecular weight excluding hydrogens is 386 g/mol. The maximum absolute atomic E-state index is 12.5. The number of methoxy groups -OCH3 is 2. The Kier molecular flexibility index (Phi) is 5.51. The predicted molar refractivity (Wildman–Crippen MR) is 110 cm³/mol. The second-order valence-corrected chi connectivity index (χ2v) is 7.11. The number of aromatic amines is 1. The fraction of sp³-hybridized carbons (Fsp3) is 0.333. The topological polar surface area (TPSA) is 111 Å². The molecule has 3 aromatic rings. The molecule has 1 aliphatic rings. The van der Waals surface area contributed by atoms with E-state index < -0.39 is 0 Å². The van der Waals surface area contributed by atoms with Crippen LogP contribution in [0.1, 0.15) is 34.9 Å². The van der Waals surface area contributed by atoms with E-state index in [1.807, 2.05) is 0 Å². The summed E-state index contributed by atoms with van der Waals surface area (Å²) in [6.07, 6.45) is 3.74. The van der Waals surface area contributed by atoms with Gasteiger partial charge in [-0.1, -0.05) is 0 Å². The Morgan fingerprint density at radius 1 is 1.23 bits per heavy atom. The van der Waals surface area contributed by atoms with Crippen molar-refractivity contribution in [2.75, 3.05) is 20.8 Å². The van der Waals surface area contributed by atoms with Crippen LogP contribution in [0.25, 0.3) is 11.3 Å². The molecule has 0 bridgehead atoms. The minimum absolute atomic E-state index is 0.102. The van der Waals surface area contributed by atoms with E-state index in [9.17, 15) is 9.59 Å². The number of nitrogens with one attached hydrogen (secondary N) is 2. The van der Waals surface area contributed by atoms with E-state index in [2.05, 4.69) is 20.5 Å². The fourth-order valence-corrected chi connectivity index (χ4v) is 3.19. The van der Waals surface area contributed by atoms with Gasteiger partial charge >= 0.3 is 0 Å². The Labute approximate surface area is 173 Å². The van der Waals surface area contributed by atoms with E-state index in [-0.39, 0.29) is 11.5 Å². The monoisotopic (exact) mass is 409 g/mol. The molecule has 156 valence electrons. The van der Waals surface area contributed by atoms with Crippen molar-refractivity contribution in [3.8, 4) is 22.8 Å². The molecule has 0 spiro atoms. The van der Waals surface area contributed by atoms with E-state index in [1.54, 1.807) is 50.9 Å². The second kappa shape index (κ2) is 8.40. The van der Waals surface area contributed by atoms with Crippen molar-refractivity contribution >= 4 is 5.91 Å². The summed E-state index contributed by atoms with van der Waals surface area (Å²) in [7, 11) is 3.15. The third-order valence-corrected chi connectivity index (χ3v) is 5.04. The molecule has 9 heteroatoms. The zero-order valence-electron chi connectivity index (χ0n) is 16.8. The number of carbonyl (C=O) groups excluding carboxylic acids is 1. The lowest BCUT2D eigenvalue weighted by molar-refractivity contribution is 0.0947. The SMILES string of the molecule is COc1ccc(OC)c(-c2cc(C(=O)NCCn3cnc(C4CC4)cc3=O)[nH]n2)c1. The fourth-order valence-electron chi connectivity index (χ4n) is 3.19. The van der Waals surface area contributed by atoms with E-state index in [0.717, 1.165) is 18.5 Å². The number of hydrogen-bond donors (Lipinski definition) is 2. The van der Waals surface area contributed by atoms with Crippen LogP contribution in [-0.4, -0.2) is 46.4 Å². The van der Waals surface area contributed by atoms with E-state index in [4.69, 9.17) is 9.47 Å². The van der Waals surface area contributed by atoms with Gasteiger partial charge in [-0.3, -0.25) is 19.3 Å². The summed E-state index contributed by atoms with van der Waals surface area (Å²) in [4.78, 5) is 29.0. The van der Waals surface area contributed by atoms with E-state index in [1.165, 1.54) is 4.57 Å². The largest absolute Gasteiger partial charge is 0.497 e. The average Bonchev–Trinajstić information content (AvgIpc) is 3.50. The molecule has 1 aliphatic carbocycles. The van der Waals surface area contributed by atoms with E-state index in [0.29, 0.717) is 47.5 Å². The Bertz CT molecular complexity index is 1120. The molecule has 1 saturated carbocycles. The van der Waals surface area contributed by atoms with Crippen LogP contribution in [0.3, 0.4) is 0 Å². The van der Waals surface area contributed by atoms with Crippen LogP contribution in [0.2, 0.25) is 0 Å². The standard InChI is InChI=1S/C21H23N5O4/c1-29-14-5-6-19(30-2)15(9-14)17-10-18(25-24-17)21(28)22-7-8-26-12-23-16(11-20(26)27)13-3-4-13/h5-6,9-13H,3-4,7-8H2,1-2H3,(H,22,28)(H,24,25). The van der Waals surface area contributed by atoms with Crippen LogP contribution >= 0.6 is 0 Å². The number of amides is 1. The third-order valence-electron chi connectivity index (χ3n) is 5.04. The zero-order valence-corrected chi connectivity index (χ0v) is 16.8. The highest BCUT2D eigenvalue weighted by molar-refractivity contribution is 5.93. The molecule has 1 aromatic carbocycles. The molecule has 2 aromatic heterocycles. The van der Waals surface area contributed by atoms with Gasteiger partial charge in [0.2, 0.25) is 0 Å². The van der Waals surface area contributed by atoms with Crippen LogP contribution in [-0.2, 0) is 6.54 Å². The summed E-state index contributed by atoms with van der Waals surface area (Å²) in [5, 5.41) is 9.74. The van der Waals surface area contributed by atoms with Gasteiger partial charge in [0.1, 0.15) is 17.2 Å². The number of benzene rings is 1. The first-order valence-corrected chi connectivity index (χ1v) is 9.71. The smallest absolute Gasteiger partial charge is 0.269 e. The number of ether oxygens (including phenoxy) is 2. The zero-order chi connectivity index (χ0) is 21.1. The van der Waals surface area contributed by atoms with Gasteiger partial charge in [0, 0.05) is 30.6 Å². The van der Waals surface area contributed by atoms with Gasteiger partial charge in [-0.05, 0) is 37.1 Å². The molecule has 0 atom stereocenters. The van der Waals surface area contributed by atoms with Crippen molar-refractivity contribution in [3.63, 3.8) is 0 Å². The third kappa shape index (κ3) is 4.19. The van der Waals surface area contributed by atoms with Gasteiger partial charge in [-0.2, -0.15) is 5.10 Å². The lowest BCUT2D eigenvalue weighted by atomic mass is 10.1. The lowest BCUT2D eigenvalue weighted by Crippen LogP contribution is -2.31. The molecule has 4 rings (SSSR count). The number of nitrogens with zero attached hydrogens (tertiary/aromatic N) is 3. The molecule has 30 heavy (non-hydrogen) atoms. The molecule has 0 radical (unpaired) electrons. The molecule has 0 aliphatic heterocycles. The highest BCUT2D eigenvalue weighted by Crippen LogP contribution is 2.38. The summed E-state index contributed by atoms with van der Waals surface area (Å²) >= 11 is 0. The Morgan fingerprint density at radius 2 is 2.07 bits per heavy atom. The van der Waals surface area contributed by atoms with Crippen molar-refractivity contribution in [3.05, 3.63) is 58.4 Å². The number of H-pyrrole nitrogens is 1. The first-order valence-electron chi connectivity index (χ1n) is 9.71. The number of hydrogen-bond acceptors (Lipinski definition) is 6. The van der Waals surface area contributed by atoms with E-state index >= 15 is 0 Å². The maximum Gasteiger partial charge on any atom is 0.269 e. The number of aromatic nitrogens is 4. The molecule has 1 fully saturated rings. The van der Waals surface area contributed by atoms with Crippen molar-refractivity contribution < 1.29 is 14.3 Å². The highest BCUT2D eigenvalue weighted by atomic mass is 16.5. The molecular formula is C21H23N5O4. The normalized spacial score (nSPS) is 13.1. The van der Waals surface area contributed by atoms with Crippen molar-refractivity contribution in [1.29, 1.82) is 0 Å². The second-order valence-electron chi connectivity index (χ2n) is 7.11. The van der Waals surface area contributed by atoms with Crippen LogP contribution in [0, 0.1) is 0 Å². The van der Waals surface area contributed by atoms with Gasteiger partial charge < -0.3 is 14.8 Å². The Hall–Kier alpha value is -3.62. The first kappa shape index (κ1) is 19.7. The summed E-state index contributed by atoms with van der Waals surface area (Å²) in [5.41, 5.74) is 2.34. The highest BCUT2D eigenvalue weighted by Gasteiger charge is 2.25. The van der Waals surface area contributed by atoms with Gasteiger partial charge in [0.25, 0.3) is 11.5 Å². The van der Waals surface area contributed by atoms with Crippen molar-refractivity contribution in [2.45, 2.75) is 25.3 Å². The number of rotatable bonds is 8. The Balaban J connectivity index is 1.39. The van der Waals surface area contributed by atoms with Gasteiger partial charge in [0.05, 0.1) is 31.9 Å². The van der Waals surface area contributed by atoms with Crippen LogP contribution in [0.5, 0.6) is 11.5 Å². The van der Waals surface area contributed by atoms with Crippen LogP contribution in [0.4, 0.5) is 0 Å². The number of carbonyl (C=O) groups is 1. The van der Waals surface area contributed by atoms with Crippen molar-refractivity contribution in [2.24, 2.45) is 0 Å². The molecule has 2 heterocycles. The van der Waals surface area contributed by atoms with Gasteiger partial charge in [-0.25, -0.2) is 4.98 Å². The van der Waals surface area contributed by atoms with Crippen molar-refractivity contribution in [1.82, 2.24) is 25.1 Å². The first-order chi connectivity index (χ1) is 14.6. The van der Waals surface area contributed by atoms with Crippen LogP contribution < -0.4 is 20.3 Å². The minimum Gasteiger partial charge on any atom is -0.497 e. The molecule has 9 nitrogen and oxygen atoms in total. The Morgan fingerprint density at radius 3 is 2.77 bits per heavy atom. The molecule has 0 saturated heterocycles. The maximum atomic E-state index is 12.5. The minimum atomic E-state index is -0.314.